The minimum atomic E-state index is -4.29. The van der Waals surface area contributed by atoms with Gasteiger partial charge in [-0.05, 0) is 18.2 Å². The Morgan fingerprint density at radius 1 is 1.12 bits per heavy atom. The van der Waals surface area contributed by atoms with E-state index in [0.717, 1.165) is 0 Å². The Bertz CT molecular complexity index is 764. The molecule has 2 aromatic carbocycles. The number of hydrogen-bond acceptors (Lipinski definition) is 3. The van der Waals surface area contributed by atoms with Gasteiger partial charge in [-0.25, -0.2) is 0 Å². The summed E-state index contributed by atoms with van der Waals surface area (Å²) in [4.78, 5) is 11.4. The number of carbonyl (C=O) groups excluding carboxylic acids is 1. The minimum absolute atomic E-state index is 0.186. The Morgan fingerprint density at radius 2 is 1.88 bits per heavy atom. The first-order chi connectivity index (χ1) is 7.98. The predicted molar refractivity (Wildman–Crippen MR) is 61.7 cm³/mol. The maximum atomic E-state index is 11.6. The zero-order valence-corrected chi connectivity index (χ0v) is 9.28. The van der Waals surface area contributed by atoms with Gasteiger partial charge in [0.05, 0.1) is 0 Å². The first kappa shape index (κ1) is 10.2. The van der Waals surface area contributed by atoms with E-state index in [4.69, 9.17) is 4.55 Å². The highest BCUT2D eigenvalue weighted by atomic mass is 32.2. The fourth-order valence-electron chi connectivity index (χ4n) is 2.09. The molecule has 0 saturated carbocycles. The zero-order chi connectivity index (χ0) is 12.2. The number of hydrogen-bond donors (Lipinski definition) is 2. The molecule has 1 heterocycles. The molecule has 6 heteroatoms. The molecule has 17 heavy (non-hydrogen) atoms. The van der Waals surface area contributed by atoms with Gasteiger partial charge in [0, 0.05) is 22.0 Å². The summed E-state index contributed by atoms with van der Waals surface area (Å²) in [6.07, 6.45) is 0. The van der Waals surface area contributed by atoms with Crippen LogP contribution in [-0.4, -0.2) is 18.9 Å². The fraction of sp³-hybridized carbons (Fsp3) is 0. The van der Waals surface area contributed by atoms with Crippen molar-refractivity contribution in [1.29, 1.82) is 0 Å². The van der Waals surface area contributed by atoms with E-state index in [1.807, 2.05) is 0 Å². The third-order valence-electron chi connectivity index (χ3n) is 2.77. The van der Waals surface area contributed by atoms with Gasteiger partial charge in [-0.2, -0.15) is 8.42 Å². The van der Waals surface area contributed by atoms with Crippen LogP contribution in [0.3, 0.4) is 0 Å². The van der Waals surface area contributed by atoms with Crippen LogP contribution >= 0.6 is 0 Å². The lowest BCUT2D eigenvalue weighted by atomic mass is 10.1. The Kier molecular flexibility index (Phi) is 1.84. The van der Waals surface area contributed by atoms with Gasteiger partial charge >= 0.3 is 0 Å². The van der Waals surface area contributed by atoms with E-state index in [0.29, 0.717) is 22.0 Å². The normalized spacial score (nSPS) is 14.1. The summed E-state index contributed by atoms with van der Waals surface area (Å²) in [6, 6.07) is 7.51. The standard InChI is InChI=1S/C11H7NO4S/c13-11-7-3-1-2-6-9(17(14,15)16)5-4-8(12-11)10(6)7/h1-5H,(H,12,13)(H,14,15,16). The molecule has 0 radical (unpaired) electrons. The monoisotopic (exact) mass is 249 g/mol. The lowest BCUT2D eigenvalue weighted by molar-refractivity contribution is 0.103. The van der Waals surface area contributed by atoms with Crippen molar-refractivity contribution in [2.75, 3.05) is 5.32 Å². The Hall–Kier alpha value is -1.92. The fourth-order valence-corrected chi connectivity index (χ4v) is 2.78. The molecule has 1 amide bonds. The van der Waals surface area contributed by atoms with Crippen molar-refractivity contribution in [3.05, 3.63) is 35.9 Å². The van der Waals surface area contributed by atoms with Crippen molar-refractivity contribution >= 4 is 32.5 Å². The third kappa shape index (κ3) is 1.35. The van der Waals surface area contributed by atoms with Crippen LogP contribution in [0.2, 0.25) is 0 Å². The lowest BCUT2D eigenvalue weighted by Gasteiger charge is -2.04. The van der Waals surface area contributed by atoms with E-state index in [1.165, 1.54) is 12.1 Å². The molecular weight excluding hydrogens is 242 g/mol. The molecule has 2 N–H and O–H groups in total. The highest BCUT2D eigenvalue weighted by Crippen LogP contribution is 2.36. The van der Waals surface area contributed by atoms with Crippen molar-refractivity contribution in [2.24, 2.45) is 0 Å². The van der Waals surface area contributed by atoms with E-state index < -0.39 is 10.1 Å². The Labute approximate surface area is 96.8 Å². The smallest absolute Gasteiger partial charge is 0.295 e. The highest BCUT2D eigenvalue weighted by Gasteiger charge is 2.24. The van der Waals surface area contributed by atoms with E-state index in [1.54, 1.807) is 18.2 Å². The number of rotatable bonds is 1. The molecule has 3 rings (SSSR count). The van der Waals surface area contributed by atoms with Crippen molar-refractivity contribution in [1.82, 2.24) is 0 Å². The Balaban J connectivity index is 2.54. The van der Waals surface area contributed by atoms with Crippen LogP contribution in [0.4, 0.5) is 5.69 Å². The highest BCUT2D eigenvalue weighted by molar-refractivity contribution is 7.86. The van der Waals surface area contributed by atoms with Gasteiger partial charge in [0.1, 0.15) is 4.90 Å². The number of amides is 1. The number of benzene rings is 2. The molecule has 1 aliphatic rings. The molecule has 0 aromatic heterocycles. The van der Waals surface area contributed by atoms with Crippen molar-refractivity contribution < 1.29 is 17.8 Å². The number of carbonyl (C=O) groups is 1. The third-order valence-corrected chi connectivity index (χ3v) is 3.68. The quantitative estimate of drug-likeness (QED) is 0.753. The molecule has 86 valence electrons. The van der Waals surface area contributed by atoms with Gasteiger partial charge < -0.3 is 5.32 Å². The largest absolute Gasteiger partial charge is 0.321 e. The average Bonchev–Trinajstić information content (AvgIpc) is 2.57. The second-order valence-electron chi connectivity index (χ2n) is 3.77. The van der Waals surface area contributed by atoms with E-state index in [2.05, 4.69) is 5.32 Å². The summed E-state index contributed by atoms with van der Waals surface area (Å²) in [5.74, 6) is -0.266. The molecule has 0 unspecified atom stereocenters. The van der Waals surface area contributed by atoms with Gasteiger partial charge in [0.2, 0.25) is 0 Å². The molecule has 0 bridgehead atoms. The number of nitrogens with one attached hydrogen (secondary N) is 1. The number of anilines is 1. The zero-order valence-electron chi connectivity index (χ0n) is 8.47. The first-order valence-electron chi connectivity index (χ1n) is 4.83. The van der Waals surface area contributed by atoms with Crippen LogP contribution in [0.1, 0.15) is 10.4 Å². The molecule has 0 aliphatic carbocycles. The van der Waals surface area contributed by atoms with Crippen molar-refractivity contribution in [3.8, 4) is 0 Å². The lowest BCUT2D eigenvalue weighted by Crippen LogP contribution is -2.03. The second kappa shape index (κ2) is 3.06. The second-order valence-corrected chi connectivity index (χ2v) is 5.16. The molecule has 1 aliphatic heterocycles. The van der Waals surface area contributed by atoms with Gasteiger partial charge in [0.15, 0.2) is 0 Å². The molecule has 2 aromatic rings. The molecule has 0 fully saturated rings. The average molecular weight is 249 g/mol. The molecule has 0 saturated heterocycles. The van der Waals surface area contributed by atoms with Crippen molar-refractivity contribution in [2.45, 2.75) is 4.90 Å². The van der Waals surface area contributed by atoms with Crippen LogP contribution in [0, 0.1) is 0 Å². The SMILES string of the molecule is O=C1Nc2ccc(S(=O)(=O)O)c3cccc1c23. The predicted octanol–water partition coefficient (Wildman–Crippen LogP) is 1.65. The summed E-state index contributed by atoms with van der Waals surface area (Å²) in [5, 5.41) is 3.52. The van der Waals surface area contributed by atoms with Gasteiger partial charge in [-0.15, -0.1) is 0 Å². The van der Waals surface area contributed by atoms with Crippen LogP contribution in [0.25, 0.3) is 10.8 Å². The van der Waals surface area contributed by atoms with Crippen LogP contribution < -0.4 is 5.32 Å². The summed E-state index contributed by atoms with van der Waals surface area (Å²) >= 11 is 0. The van der Waals surface area contributed by atoms with Gasteiger partial charge in [-0.1, -0.05) is 12.1 Å². The van der Waals surface area contributed by atoms with Crippen molar-refractivity contribution in [3.63, 3.8) is 0 Å². The van der Waals surface area contributed by atoms with Gasteiger partial charge in [-0.3, -0.25) is 9.35 Å². The van der Waals surface area contributed by atoms with Crippen LogP contribution in [0.5, 0.6) is 0 Å². The molecule has 5 nitrogen and oxygen atoms in total. The minimum Gasteiger partial charge on any atom is -0.321 e. The molecule has 0 spiro atoms. The maximum Gasteiger partial charge on any atom is 0.295 e. The van der Waals surface area contributed by atoms with Crippen LogP contribution in [0.15, 0.2) is 35.2 Å². The topological polar surface area (TPSA) is 83.5 Å². The van der Waals surface area contributed by atoms with E-state index in [9.17, 15) is 13.2 Å². The summed E-state index contributed by atoms with van der Waals surface area (Å²) < 4.78 is 31.6. The summed E-state index contributed by atoms with van der Waals surface area (Å²) in [5.41, 5.74) is 0.982. The molecular formula is C11H7NO4S. The van der Waals surface area contributed by atoms with Gasteiger partial charge in [0.25, 0.3) is 16.0 Å². The maximum absolute atomic E-state index is 11.6. The van der Waals surface area contributed by atoms with E-state index in [-0.39, 0.29) is 10.8 Å². The van der Waals surface area contributed by atoms with Crippen LogP contribution in [-0.2, 0) is 10.1 Å². The Morgan fingerprint density at radius 3 is 2.59 bits per heavy atom. The molecule has 0 atom stereocenters. The first-order valence-corrected chi connectivity index (χ1v) is 6.27. The summed E-state index contributed by atoms with van der Waals surface area (Å²) in [6.45, 7) is 0. The summed E-state index contributed by atoms with van der Waals surface area (Å²) in [7, 11) is -4.29. The van der Waals surface area contributed by atoms with E-state index >= 15 is 0 Å².